The fourth-order valence-corrected chi connectivity index (χ4v) is 2.92. The molecule has 0 saturated heterocycles. The van der Waals surface area contributed by atoms with Crippen LogP contribution in [0, 0.1) is 0 Å². The van der Waals surface area contributed by atoms with E-state index in [1.54, 1.807) is 4.57 Å². The Hall–Kier alpha value is -2.88. The van der Waals surface area contributed by atoms with Crippen LogP contribution >= 0.6 is 0 Å². The number of benzene rings is 2. The molecule has 3 aromatic rings. The second-order valence-electron chi connectivity index (χ2n) is 5.56. The van der Waals surface area contributed by atoms with Crippen molar-refractivity contribution in [3.05, 3.63) is 88.0 Å². The van der Waals surface area contributed by atoms with Crippen LogP contribution < -0.4 is 11.2 Å². The molecule has 0 amide bonds. The van der Waals surface area contributed by atoms with Crippen molar-refractivity contribution in [3.8, 4) is 5.69 Å². The SMILES string of the molecule is O=c1c2c(oc(=Nc3ccccc3)n1-c1ccccc1)CCC2. The van der Waals surface area contributed by atoms with Gasteiger partial charge in [-0.1, -0.05) is 36.4 Å². The molecular formula is C19H16N2O2. The highest BCUT2D eigenvalue weighted by Gasteiger charge is 2.20. The molecule has 0 atom stereocenters. The Morgan fingerprint density at radius 3 is 2.35 bits per heavy atom. The maximum Gasteiger partial charge on any atom is 0.309 e. The summed E-state index contributed by atoms with van der Waals surface area (Å²) in [5, 5.41) is 0. The van der Waals surface area contributed by atoms with Gasteiger partial charge in [-0.05, 0) is 37.1 Å². The molecular weight excluding hydrogens is 288 g/mol. The lowest BCUT2D eigenvalue weighted by atomic mass is 10.2. The number of aryl methyl sites for hydroxylation is 1. The molecule has 4 heteroatoms. The molecule has 0 N–H and O–H groups in total. The van der Waals surface area contributed by atoms with E-state index in [-0.39, 0.29) is 5.56 Å². The summed E-state index contributed by atoms with van der Waals surface area (Å²) in [6, 6.07) is 19.1. The van der Waals surface area contributed by atoms with Crippen LogP contribution in [0.5, 0.6) is 0 Å². The molecule has 0 unspecified atom stereocenters. The molecule has 2 aromatic carbocycles. The molecule has 0 saturated carbocycles. The molecule has 114 valence electrons. The van der Waals surface area contributed by atoms with Crippen LogP contribution in [0.25, 0.3) is 5.69 Å². The monoisotopic (exact) mass is 304 g/mol. The predicted octanol–water partition coefficient (Wildman–Crippen LogP) is 3.15. The average molecular weight is 304 g/mol. The molecule has 1 heterocycles. The average Bonchev–Trinajstić information content (AvgIpc) is 3.06. The molecule has 0 bridgehead atoms. The zero-order chi connectivity index (χ0) is 15.6. The third kappa shape index (κ3) is 2.52. The topological polar surface area (TPSA) is 47.5 Å². The minimum Gasteiger partial charge on any atom is -0.429 e. The summed E-state index contributed by atoms with van der Waals surface area (Å²) in [4.78, 5) is 17.5. The maximum atomic E-state index is 12.9. The zero-order valence-corrected chi connectivity index (χ0v) is 12.6. The Balaban J connectivity index is 2.04. The minimum absolute atomic E-state index is 0.0235. The first kappa shape index (κ1) is 13.8. The van der Waals surface area contributed by atoms with Crippen LogP contribution in [-0.2, 0) is 12.8 Å². The normalized spacial score (nSPS) is 14.0. The summed E-state index contributed by atoms with van der Waals surface area (Å²) >= 11 is 0. The minimum atomic E-state index is -0.0235. The number of aromatic nitrogens is 1. The van der Waals surface area contributed by atoms with Crippen LogP contribution in [-0.4, -0.2) is 4.57 Å². The van der Waals surface area contributed by atoms with Crippen molar-refractivity contribution in [2.75, 3.05) is 0 Å². The Kier molecular flexibility index (Phi) is 3.42. The van der Waals surface area contributed by atoms with E-state index < -0.39 is 0 Å². The van der Waals surface area contributed by atoms with Crippen molar-refractivity contribution in [1.82, 2.24) is 4.57 Å². The number of para-hydroxylation sites is 2. The van der Waals surface area contributed by atoms with E-state index in [2.05, 4.69) is 4.99 Å². The molecule has 23 heavy (non-hydrogen) atoms. The van der Waals surface area contributed by atoms with Gasteiger partial charge in [0.05, 0.1) is 16.9 Å². The Bertz CT molecular complexity index is 954. The summed E-state index contributed by atoms with van der Waals surface area (Å²) in [6.07, 6.45) is 2.53. The van der Waals surface area contributed by atoms with Crippen LogP contribution in [0.2, 0.25) is 0 Å². The third-order valence-electron chi connectivity index (χ3n) is 4.03. The first-order valence-electron chi connectivity index (χ1n) is 7.76. The molecule has 4 nitrogen and oxygen atoms in total. The number of rotatable bonds is 2. The van der Waals surface area contributed by atoms with Crippen molar-refractivity contribution in [1.29, 1.82) is 0 Å². The summed E-state index contributed by atoms with van der Waals surface area (Å²) in [7, 11) is 0. The van der Waals surface area contributed by atoms with E-state index in [4.69, 9.17) is 4.42 Å². The number of fused-ring (bicyclic) bond motifs is 1. The van der Waals surface area contributed by atoms with Gasteiger partial charge >= 0.3 is 5.68 Å². The van der Waals surface area contributed by atoms with Gasteiger partial charge in [-0.3, -0.25) is 4.79 Å². The molecule has 1 aromatic heterocycles. The van der Waals surface area contributed by atoms with Gasteiger partial charge in [-0.25, -0.2) is 4.57 Å². The Morgan fingerprint density at radius 1 is 0.913 bits per heavy atom. The highest BCUT2D eigenvalue weighted by atomic mass is 16.4. The first-order chi connectivity index (χ1) is 11.3. The van der Waals surface area contributed by atoms with E-state index in [0.29, 0.717) is 5.68 Å². The molecule has 0 fully saturated rings. The van der Waals surface area contributed by atoms with Crippen molar-refractivity contribution in [2.45, 2.75) is 19.3 Å². The number of hydrogen-bond donors (Lipinski definition) is 0. The van der Waals surface area contributed by atoms with E-state index >= 15 is 0 Å². The van der Waals surface area contributed by atoms with Gasteiger partial charge in [0.1, 0.15) is 5.76 Å². The van der Waals surface area contributed by atoms with Gasteiger partial charge in [0.2, 0.25) is 0 Å². The molecule has 0 radical (unpaired) electrons. The summed E-state index contributed by atoms with van der Waals surface area (Å²) < 4.78 is 7.55. The lowest BCUT2D eigenvalue weighted by Crippen LogP contribution is -2.34. The predicted molar refractivity (Wildman–Crippen MR) is 88.0 cm³/mol. The third-order valence-corrected chi connectivity index (χ3v) is 4.03. The van der Waals surface area contributed by atoms with Crippen molar-refractivity contribution >= 4 is 5.69 Å². The van der Waals surface area contributed by atoms with Gasteiger partial charge in [0.15, 0.2) is 0 Å². The lowest BCUT2D eigenvalue weighted by molar-refractivity contribution is 0.408. The van der Waals surface area contributed by atoms with Gasteiger partial charge in [0, 0.05) is 6.42 Å². The fourth-order valence-electron chi connectivity index (χ4n) is 2.92. The second-order valence-corrected chi connectivity index (χ2v) is 5.56. The van der Waals surface area contributed by atoms with Crippen molar-refractivity contribution in [3.63, 3.8) is 0 Å². The highest BCUT2D eigenvalue weighted by Crippen LogP contribution is 2.18. The van der Waals surface area contributed by atoms with E-state index in [0.717, 1.165) is 42.0 Å². The molecule has 0 spiro atoms. The van der Waals surface area contributed by atoms with Crippen LogP contribution in [0.3, 0.4) is 0 Å². The van der Waals surface area contributed by atoms with E-state index in [9.17, 15) is 4.79 Å². The van der Waals surface area contributed by atoms with Gasteiger partial charge in [0.25, 0.3) is 5.56 Å². The maximum absolute atomic E-state index is 12.9. The summed E-state index contributed by atoms with van der Waals surface area (Å²) in [6.45, 7) is 0. The molecule has 1 aliphatic carbocycles. The number of nitrogens with zero attached hydrogens (tertiary/aromatic N) is 2. The largest absolute Gasteiger partial charge is 0.429 e. The number of hydrogen-bond acceptors (Lipinski definition) is 3. The summed E-state index contributed by atoms with van der Waals surface area (Å²) in [5.41, 5.74) is 2.61. The van der Waals surface area contributed by atoms with E-state index in [1.807, 2.05) is 60.7 Å². The highest BCUT2D eigenvalue weighted by molar-refractivity contribution is 5.37. The van der Waals surface area contributed by atoms with Crippen LogP contribution in [0.4, 0.5) is 5.69 Å². The second kappa shape index (κ2) is 5.72. The zero-order valence-electron chi connectivity index (χ0n) is 12.6. The molecule has 4 rings (SSSR count). The molecule has 0 aliphatic heterocycles. The van der Waals surface area contributed by atoms with Gasteiger partial charge in [-0.2, -0.15) is 4.99 Å². The standard InChI is InChI=1S/C19H16N2O2/c22-18-16-12-7-13-17(16)23-19(20-14-8-3-1-4-9-14)21(18)15-10-5-2-6-11-15/h1-6,8-11H,7,12-13H2. The summed E-state index contributed by atoms with van der Waals surface area (Å²) in [5.74, 6) is 0.775. The van der Waals surface area contributed by atoms with Crippen LogP contribution in [0.15, 0.2) is 74.9 Å². The van der Waals surface area contributed by atoms with Gasteiger partial charge in [-0.15, -0.1) is 0 Å². The molecule has 1 aliphatic rings. The van der Waals surface area contributed by atoms with Crippen molar-refractivity contribution in [2.24, 2.45) is 4.99 Å². The fraction of sp³-hybridized carbons (Fsp3) is 0.158. The van der Waals surface area contributed by atoms with E-state index in [1.165, 1.54) is 0 Å². The van der Waals surface area contributed by atoms with Crippen LogP contribution in [0.1, 0.15) is 17.7 Å². The first-order valence-corrected chi connectivity index (χ1v) is 7.76. The quantitative estimate of drug-likeness (QED) is 0.730. The Labute approximate surface area is 133 Å². The van der Waals surface area contributed by atoms with Crippen molar-refractivity contribution < 1.29 is 4.42 Å². The van der Waals surface area contributed by atoms with Gasteiger partial charge < -0.3 is 4.42 Å². The Morgan fingerprint density at radius 2 is 1.61 bits per heavy atom. The smallest absolute Gasteiger partial charge is 0.309 e. The lowest BCUT2D eigenvalue weighted by Gasteiger charge is -2.08.